The minimum absolute atomic E-state index is 0.468. The summed E-state index contributed by atoms with van der Waals surface area (Å²) < 4.78 is 10.9. The number of ether oxygens (including phenoxy) is 2. The molecule has 0 aliphatic carbocycles. The van der Waals surface area contributed by atoms with E-state index in [4.69, 9.17) is 9.47 Å². The topological polar surface area (TPSA) is 30.5 Å². The molecule has 1 N–H and O–H groups in total. The molecule has 0 radical (unpaired) electrons. The van der Waals surface area contributed by atoms with Crippen LogP contribution < -0.4 is 14.8 Å². The maximum atomic E-state index is 5.46. The zero-order valence-corrected chi connectivity index (χ0v) is 12.6. The van der Waals surface area contributed by atoms with Crippen LogP contribution in [0.2, 0.25) is 0 Å². The molecule has 1 aliphatic rings. The highest BCUT2D eigenvalue weighted by Crippen LogP contribution is 2.36. The maximum absolute atomic E-state index is 5.46. The van der Waals surface area contributed by atoms with Crippen molar-refractivity contribution < 1.29 is 9.47 Å². The second kappa shape index (κ2) is 6.19. The number of fused-ring (bicyclic) bond motifs is 1. The summed E-state index contributed by atoms with van der Waals surface area (Å²) >= 11 is 0. The van der Waals surface area contributed by atoms with E-state index in [1.54, 1.807) is 14.2 Å². The highest BCUT2D eigenvalue weighted by atomic mass is 16.5. The number of methoxy groups -OCH3 is 2. The Labute approximate surface area is 125 Å². The Morgan fingerprint density at radius 1 is 1.05 bits per heavy atom. The molecule has 0 bridgehead atoms. The van der Waals surface area contributed by atoms with Crippen molar-refractivity contribution in [2.24, 2.45) is 0 Å². The molecule has 0 saturated carbocycles. The number of rotatable bonds is 4. The Morgan fingerprint density at radius 3 is 2.48 bits per heavy atom. The fraction of sp³-hybridized carbons (Fsp3) is 0.333. The standard InChI is InChI=1S/C18H21NO2/c1-20-17-9-15-12-19-11-14(16(15)10-18(17)21-2)8-13-6-4-3-5-7-13/h3-7,9-10,14,19H,8,11-12H2,1-2H3. The van der Waals surface area contributed by atoms with Gasteiger partial charge in [0.15, 0.2) is 11.5 Å². The lowest BCUT2D eigenvalue weighted by Gasteiger charge is -2.28. The first kappa shape index (κ1) is 14.0. The van der Waals surface area contributed by atoms with Crippen molar-refractivity contribution in [3.63, 3.8) is 0 Å². The van der Waals surface area contributed by atoms with E-state index in [2.05, 4.69) is 47.8 Å². The van der Waals surface area contributed by atoms with Crippen LogP contribution in [0.15, 0.2) is 42.5 Å². The van der Waals surface area contributed by atoms with Crippen LogP contribution in [0.25, 0.3) is 0 Å². The monoisotopic (exact) mass is 283 g/mol. The molecule has 110 valence electrons. The van der Waals surface area contributed by atoms with E-state index in [0.717, 1.165) is 31.0 Å². The van der Waals surface area contributed by atoms with E-state index in [9.17, 15) is 0 Å². The van der Waals surface area contributed by atoms with Gasteiger partial charge in [-0.05, 0) is 35.2 Å². The summed E-state index contributed by atoms with van der Waals surface area (Å²) in [5.41, 5.74) is 4.04. The minimum Gasteiger partial charge on any atom is -0.493 e. The number of benzene rings is 2. The van der Waals surface area contributed by atoms with Gasteiger partial charge in [-0.15, -0.1) is 0 Å². The van der Waals surface area contributed by atoms with Gasteiger partial charge in [-0.25, -0.2) is 0 Å². The normalized spacial score (nSPS) is 17.1. The maximum Gasteiger partial charge on any atom is 0.161 e. The van der Waals surface area contributed by atoms with Gasteiger partial charge in [-0.1, -0.05) is 30.3 Å². The second-order valence-electron chi connectivity index (χ2n) is 5.42. The number of nitrogens with one attached hydrogen (secondary N) is 1. The van der Waals surface area contributed by atoms with Crippen molar-refractivity contribution >= 4 is 0 Å². The van der Waals surface area contributed by atoms with Crippen LogP contribution in [-0.4, -0.2) is 20.8 Å². The third-order valence-corrected chi connectivity index (χ3v) is 4.12. The van der Waals surface area contributed by atoms with E-state index in [-0.39, 0.29) is 0 Å². The van der Waals surface area contributed by atoms with Gasteiger partial charge < -0.3 is 14.8 Å². The highest BCUT2D eigenvalue weighted by Gasteiger charge is 2.22. The zero-order valence-electron chi connectivity index (χ0n) is 12.6. The van der Waals surface area contributed by atoms with Gasteiger partial charge in [0.2, 0.25) is 0 Å². The second-order valence-corrected chi connectivity index (χ2v) is 5.42. The predicted molar refractivity (Wildman–Crippen MR) is 84.1 cm³/mol. The first-order valence-corrected chi connectivity index (χ1v) is 7.31. The summed E-state index contributed by atoms with van der Waals surface area (Å²) in [6.45, 7) is 1.89. The Balaban J connectivity index is 1.93. The summed E-state index contributed by atoms with van der Waals surface area (Å²) in [6, 6.07) is 14.9. The lowest BCUT2D eigenvalue weighted by Crippen LogP contribution is -2.29. The van der Waals surface area contributed by atoms with Gasteiger partial charge >= 0.3 is 0 Å². The van der Waals surface area contributed by atoms with Gasteiger partial charge in [0.1, 0.15) is 0 Å². The predicted octanol–water partition coefficient (Wildman–Crippen LogP) is 3.13. The third-order valence-electron chi connectivity index (χ3n) is 4.12. The van der Waals surface area contributed by atoms with Gasteiger partial charge in [0.05, 0.1) is 14.2 Å². The van der Waals surface area contributed by atoms with Crippen LogP contribution in [0.5, 0.6) is 11.5 Å². The molecule has 2 aromatic rings. The van der Waals surface area contributed by atoms with Gasteiger partial charge in [-0.2, -0.15) is 0 Å². The number of hydrogen-bond acceptors (Lipinski definition) is 3. The SMILES string of the molecule is COc1cc2c(cc1OC)C(Cc1ccccc1)CNC2. The van der Waals surface area contributed by atoms with Crippen LogP contribution >= 0.6 is 0 Å². The van der Waals surface area contributed by atoms with Crippen LogP contribution in [-0.2, 0) is 13.0 Å². The van der Waals surface area contributed by atoms with E-state index in [1.807, 2.05) is 0 Å². The van der Waals surface area contributed by atoms with E-state index >= 15 is 0 Å². The number of hydrogen-bond donors (Lipinski definition) is 1. The lowest BCUT2D eigenvalue weighted by atomic mass is 9.86. The van der Waals surface area contributed by atoms with Crippen molar-refractivity contribution in [3.05, 3.63) is 59.2 Å². The van der Waals surface area contributed by atoms with E-state index in [0.29, 0.717) is 5.92 Å². The summed E-state index contributed by atoms with van der Waals surface area (Å²) in [5, 5.41) is 3.50. The first-order chi connectivity index (χ1) is 10.3. The Bertz CT molecular complexity index is 610. The van der Waals surface area contributed by atoms with Crippen molar-refractivity contribution in [1.29, 1.82) is 0 Å². The van der Waals surface area contributed by atoms with Gasteiger partial charge in [0.25, 0.3) is 0 Å². The Morgan fingerprint density at radius 2 is 1.76 bits per heavy atom. The largest absolute Gasteiger partial charge is 0.493 e. The summed E-state index contributed by atoms with van der Waals surface area (Å²) in [7, 11) is 3.37. The van der Waals surface area contributed by atoms with Crippen LogP contribution in [0.4, 0.5) is 0 Å². The molecule has 0 amide bonds. The first-order valence-electron chi connectivity index (χ1n) is 7.31. The molecule has 3 rings (SSSR count). The van der Waals surface area contributed by atoms with Crippen molar-refractivity contribution in [2.75, 3.05) is 20.8 Å². The molecule has 0 fully saturated rings. The van der Waals surface area contributed by atoms with Gasteiger partial charge in [-0.3, -0.25) is 0 Å². The molecule has 0 spiro atoms. The molecule has 3 heteroatoms. The zero-order chi connectivity index (χ0) is 14.7. The lowest BCUT2D eigenvalue weighted by molar-refractivity contribution is 0.352. The fourth-order valence-electron chi connectivity index (χ4n) is 3.04. The molecule has 1 aliphatic heterocycles. The Hall–Kier alpha value is -2.00. The highest BCUT2D eigenvalue weighted by molar-refractivity contribution is 5.49. The van der Waals surface area contributed by atoms with Crippen molar-refractivity contribution in [1.82, 2.24) is 5.32 Å². The smallest absolute Gasteiger partial charge is 0.161 e. The molecule has 0 aromatic heterocycles. The summed E-state index contributed by atoms with van der Waals surface area (Å²) in [5.74, 6) is 2.09. The van der Waals surface area contributed by atoms with Gasteiger partial charge in [0, 0.05) is 19.0 Å². The molecule has 3 nitrogen and oxygen atoms in total. The van der Waals surface area contributed by atoms with E-state index < -0.39 is 0 Å². The average Bonchev–Trinajstić information content (AvgIpc) is 2.55. The molecule has 21 heavy (non-hydrogen) atoms. The van der Waals surface area contributed by atoms with Crippen LogP contribution in [0.3, 0.4) is 0 Å². The molecule has 2 aromatic carbocycles. The molecule has 1 unspecified atom stereocenters. The van der Waals surface area contributed by atoms with E-state index in [1.165, 1.54) is 16.7 Å². The minimum atomic E-state index is 0.468. The van der Waals surface area contributed by atoms with Crippen molar-refractivity contribution in [2.45, 2.75) is 18.9 Å². The van der Waals surface area contributed by atoms with Crippen molar-refractivity contribution in [3.8, 4) is 11.5 Å². The molecular weight excluding hydrogens is 262 g/mol. The van der Waals surface area contributed by atoms with Crippen LogP contribution in [0, 0.1) is 0 Å². The summed E-state index contributed by atoms with van der Waals surface area (Å²) in [4.78, 5) is 0. The quantitative estimate of drug-likeness (QED) is 0.935. The molecule has 1 atom stereocenters. The fourth-order valence-corrected chi connectivity index (χ4v) is 3.04. The average molecular weight is 283 g/mol. The van der Waals surface area contributed by atoms with Crippen LogP contribution in [0.1, 0.15) is 22.6 Å². The third kappa shape index (κ3) is 2.88. The molecular formula is C18H21NO2. The Kier molecular flexibility index (Phi) is 4.11. The molecule has 0 saturated heterocycles. The molecule has 1 heterocycles. The summed E-state index contributed by atoms with van der Waals surface area (Å²) in [6.07, 6.45) is 1.04.